The summed E-state index contributed by atoms with van der Waals surface area (Å²) in [5.41, 5.74) is 4.24. The molecule has 1 atom stereocenters. The van der Waals surface area contributed by atoms with Crippen molar-refractivity contribution >= 4 is 35.0 Å². The van der Waals surface area contributed by atoms with Crippen molar-refractivity contribution in [3.05, 3.63) is 33.4 Å². The summed E-state index contributed by atoms with van der Waals surface area (Å²) < 4.78 is 1.27. The van der Waals surface area contributed by atoms with Crippen molar-refractivity contribution in [1.29, 1.82) is 0 Å². The van der Waals surface area contributed by atoms with Gasteiger partial charge in [-0.15, -0.1) is 12.4 Å². The van der Waals surface area contributed by atoms with Gasteiger partial charge >= 0.3 is 0 Å². The van der Waals surface area contributed by atoms with Crippen LogP contribution in [0.25, 0.3) is 0 Å². The lowest BCUT2D eigenvalue weighted by atomic mass is 10.1. The van der Waals surface area contributed by atoms with Crippen LogP contribution in [0.4, 0.5) is 0 Å². The molecular formula is C10H15ClINO. The standard InChI is InChI=1S/C10H14INO.ClH/c1-8(12-13-2)7-9-3-5-10(11)6-4-9;/h3-6,8,12H,7H2,1-2H3;1H. The van der Waals surface area contributed by atoms with Crippen LogP contribution in [0.1, 0.15) is 12.5 Å². The van der Waals surface area contributed by atoms with Crippen LogP contribution in [0.2, 0.25) is 0 Å². The molecule has 0 heterocycles. The molecule has 0 bridgehead atoms. The highest BCUT2D eigenvalue weighted by molar-refractivity contribution is 14.1. The van der Waals surface area contributed by atoms with Gasteiger partial charge in [0.25, 0.3) is 0 Å². The van der Waals surface area contributed by atoms with Crippen molar-refractivity contribution in [2.24, 2.45) is 0 Å². The van der Waals surface area contributed by atoms with Gasteiger partial charge < -0.3 is 4.84 Å². The lowest BCUT2D eigenvalue weighted by molar-refractivity contribution is 0.0661. The van der Waals surface area contributed by atoms with Crippen LogP contribution in [0, 0.1) is 3.57 Å². The van der Waals surface area contributed by atoms with Gasteiger partial charge in [0.2, 0.25) is 0 Å². The first kappa shape index (κ1) is 14.2. The highest BCUT2D eigenvalue weighted by Gasteiger charge is 2.01. The predicted molar refractivity (Wildman–Crippen MR) is 69.7 cm³/mol. The van der Waals surface area contributed by atoms with E-state index in [0.717, 1.165) is 6.42 Å². The Kier molecular flexibility index (Phi) is 7.54. The third kappa shape index (κ3) is 5.14. The lowest BCUT2D eigenvalue weighted by Crippen LogP contribution is -2.26. The van der Waals surface area contributed by atoms with Gasteiger partial charge in [0.15, 0.2) is 0 Å². The van der Waals surface area contributed by atoms with Crippen LogP contribution in [0.3, 0.4) is 0 Å². The molecule has 0 saturated carbocycles. The smallest absolute Gasteiger partial charge is 0.0572 e. The third-order valence-electron chi connectivity index (χ3n) is 1.77. The Morgan fingerprint density at radius 3 is 2.43 bits per heavy atom. The summed E-state index contributed by atoms with van der Waals surface area (Å²) in [5.74, 6) is 0. The SMILES string of the molecule is CONC(C)Cc1ccc(I)cc1.Cl. The zero-order valence-electron chi connectivity index (χ0n) is 8.29. The summed E-state index contributed by atoms with van der Waals surface area (Å²) in [5, 5.41) is 0. The highest BCUT2D eigenvalue weighted by Crippen LogP contribution is 2.08. The summed E-state index contributed by atoms with van der Waals surface area (Å²) in [6.07, 6.45) is 0.991. The number of benzene rings is 1. The number of rotatable bonds is 4. The van der Waals surface area contributed by atoms with Crippen LogP contribution in [-0.2, 0) is 11.3 Å². The number of nitrogens with one attached hydrogen (secondary N) is 1. The van der Waals surface area contributed by atoms with Gasteiger partial charge in [-0.25, -0.2) is 0 Å². The van der Waals surface area contributed by atoms with Gasteiger partial charge in [-0.2, -0.15) is 5.48 Å². The average molecular weight is 328 g/mol. The molecule has 0 radical (unpaired) electrons. The summed E-state index contributed by atoms with van der Waals surface area (Å²) in [4.78, 5) is 4.85. The number of hydrogen-bond acceptors (Lipinski definition) is 2. The van der Waals surface area contributed by atoms with Crippen molar-refractivity contribution in [1.82, 2.24) is 5.48 Å². The van der Waals surface area contributed by atoms with E-state index in [1.54, 1.807) is 7.11 Å². The first-order valence-electron chi connectivity index (χ1n) is 4.25. The van der Waals surface area contributed by atoms with Gasteiger partial charge in [-0.3, -0.25) is 0 Å². The van der Waals surface area contributed by atoms with Gasteiger partial charge in [0.1, 0.15) is 0 Å². The van der Waals surface area contributed by atoms with Crippen LogP contribution in [0.5, 0.6) is 0 Å². The zero-order valence-corrected chi connectivity index (χ0v) is 11.3. The molecule has 0 fully saturated rings. The first-order valence-corrected chi connectivity index (χ1v) is 5.33. The minimum absolute atomic E-state index is 0. The van der Waals surface area contributed by atoms with E-state index in [9.17, 15) is 0 Å². The number of hydrogen-bond donors (Lipinski definition) is 1. The zero-order chi connectivity index (χ0) is 9.68. The van der Waals surface area contributed by atoms with Crippen molar-refractivity contribution in [2.45, 2.75) is 19.4 Å². The molecule has 4 heteroatoms. The molecule has 0 saturated heterocycles. The van der Waals surface area contributed by atoms with Crippen molar-refractivity contribution in [3.63, 3.8) is 0 Å². The maximum atomic E-state index is 4.85. The molecule has 0 amide bonds. The van der Waals surface area contributed by atoms with Crippen LogP contribution < -0.4 is 5.48 Å². The Labute approximate surface area is 105 Å². The molecule has 0 aliphatic rings. The topological polar surface area (TPSA) is 21.3 Å². The molecule has 80 valence electrons. The van der Waals surface area contributed by atoms with Gasteiger partial charge in [-0.1, -0.05) is 12.1 Å². The van der Waals surface area contributed by atoms with E-state index in [1.165, 1.54) is 9.13 Å². The maximum Gasteiger partial charge on any atom is 0.0572 e. The monoisotopic (exact) mass is 327 g/mol. The fourth-order valence-electron chi connectivity index (χ4n) is 1.22. The molecule has 1 rings (SSSR count). The second-order valence-electron chi connectivity index (χ2n) is 3.05. The highest BCUT2D eigenvalue weighted by atomic mass is 127. The Morgan fingerprint density at radius 1 is 1.36 bits per heavy atom. The summed E-state index contributed by atoms with van der Waals surface area (Å²) in [7, 11) is 1.64. The maximum absolute atomic E-state index is 4.85. The third-order valence-corrected chi connectivity index (χ3v) is 2.49. The van der Waals surface area contributed by atoms with Crippen LogP contribution in [-0.4, -0.2) is 13.2 Å². The molecule has 0 spiro atoms. The second kappa shape index (κ2) is 7.45. The van der Waals surface area contributed by atoms with E-state index in [0.29, 0.717) is 6.04 Å². The summed E-state index contributed by atoms with van der Waals surface area (Å²) in [6.45, 7) is 2.10. The van der Waals surface area contributed by atoms with E-state index in [-0.39, 0.29) is 12.4 Å². The summed E-state index contributed by atoms with van der Waals surface area (Å²) >= 11 is 2.31. The van der Waals surface area contributed by atoms with E-state index < -0.39 is 0 Å². The molecule has 1 aromatic carbocycles. The first-order chi connectivity index (χ1) is 6.22. The average Bonchev–Trinajstić information content (AvgIpc) is 2.09. The largest absolute Gasteiger partial charge is 0.305 e. The Morgan fingerprint density at radius 2 is 1.93 bits per heavy atom. The van der Waals surface area contributed by atoms with E-state index >= 15 is 0 Å². The van der Waals surface area contributed by atoms with E-state index in [2.05, 4.69) is 59.3 Å². The van der Waals surface area contributed by atoms with Crippen molar-refractivity contribution in [3.8, 4) is 0 Å². The second-order valence-corrected chi connectivity index (χ2v) is 4.30. The normalized spacial score (nSPS) is 11.9. The fourth-order valence-corrected chi connectivity index (χ4v) is 1.58. The molecule has 0 aromatic heterocycles. The quantitative estimate of drug-likeness (QED) is 0.678. The molecule has 1 aromatic rings. The Balaban J connectivity index is 0.00000169. The van der Waals surface area contributed by atoms with Gasteiger partial charge in [-0.05, 0) is 53.6 Å². The Bertz CT molecular complexity index is 253. The molecule has 1 N–H and O–H groups in total. The molecule has 0 aliphatic carbocycles. The van der Waals surface area contributed by atoms with E-state index in [4.69, 9.17) is 4.84 Å². The van der Waals surface area contributed by atoms with Crippen LogP contribution >= 0.6 is 35.0 Å². The number of hydroxylamine groups is 1. The lowest BCUT2D eigenvalue weighted by Gasteiger charge is -2.11. The Hall–Kier alpha value is 0.160. The van der Waals surface area contributed by atoms with Crippen LogP contribution in [0.15, 0.2) is 24.3 Å². The molecule has 14 heavy (non-hydrogen) atoms. The molecule has 0 aliphatic heterocycles. The van der Waals surface area contributed by atoms with Crippen molar-refractivity contribution < 1.29 is 4.84 Å². The minimum atomic E-state index is 0. The fraction of sp³-hybridized carbons (Fsp3) is 0.400. The molecular weight excluding hydrogens is 312 g/mol. The molecule has 2 nitrogen and oxygen atoms in total. The van der Waals surface area contributed by atoms with Crippen molar-refractivity contribution in [2.75, 3.05) is 7.11 Å². The minimum Gasteiger partial charge on any atom is -0.305 e. The summed E-state index contributed by atoms with van der Waals surface area (Å²) in [6, 6.07) is 8.89. The van der Waals surface area contributed by atoms with Gasteiger partial charge in [0.05, 0.1) is 7.11 Å². The van der Waals surface area contributed by atoms with Gasteiger partial charge in [0, 0.05) is 9.61 Å². The van der Waals surface area contributed by atoms with E-state index in [1.807, 2.05) is 0 Å². The predicted octanol–water partition coefficient (Wildman–Crippen LogP) is 2.80. The molecule has 1 unspecified atom stereocenters. The number of halogens is 2.